The van der Waals surface area contributed by atoms with Crippen LogP contribution < -0.4 is 10.1 Å². The Balaban J connectivity index is 2.21. The minimum Gasteiger partial charge on any atom is -0.494 e. The van der Waals surface area contributed by atoms with E-state index in [1.807, 2.05) is 13.8 Å². The molecule has 0 aliphatic heterocycles. The van der Waals surface area contributed by atoms with Crippen LogP contribution in [0.3, 0.4) is 0 Å². The molecule has 6 heteroatoms. The summed E-state index contributed by atoms with van der Waals surface area (Å²) in [5.41, 5.74) is 0.976. The van der Waals surface area contributed by atoms with Crippen molar-refractivity contribution in [3.63, 3.8) is 0 Å². The van der Waals surface area contributed by atoms with Crippen LogP contribution in [0.2, 0.25) is 0 Å². The first kappa shape index (κ1) is 17.9. The minimum atomic E-state index is -0.830. The van der Waals surface area contributed by atoms with Crippen LogP contribution in [0.5, 0.6) is 5.75 Å². The Hall–Kier alpha value is -2.47. The Morgan fingerprint density at radius 1 is 1.08 bits per heavy atom. The van der Waals surface area contributed by atoms with E-state index in [0.29, 0.717) is 37.2 Å². The molecule has 0 aromatic heterocycles. The highest BCUT2D eigenvalue weighted by atomic mass is 19.1. The van der Waals surface area contributed by atoms with Crippen LogP contribution in [-0.4, -0.2) is 19.1 Å². The molecule has 2 rings (SSSR count). The van der Waals surface area contributed by atoms with Crippen molar-refractivity contribution < 1.29 is 23.0 Å². The van der Waals surface area contributed by atoms with Crippen molar-refractivity contribution in [3.8, 4) is 5.75 Å². The van der Waals surface area contributed by atoms with Crippen LogP contribution in [0.15, 0.2) is 36.4 Å². The van der Waals surface area contributed by atoms with Crippen LogP contribution in [0, 0.1) is 11.6 Å². The quantitative estimate of drug-likeness (QED) is 0.827. The summed E-state index contributed by atoms with van der Waals surface area (Å²) in [7, 11) is 0. The second-order valence-electron chi connectivity index (χ2n) is 4.97. The van der Waals surface area contributed by atoms with Gasteiger partial charge in [0.2, 0.25) is 0 Å². The molecule has 2 aromatic rings. The summed E-state index contributed by atoms with van der Waals surface area (Å²) in [6.07, 6.45) is 0. The van der Waals surface area contributed by atoms with Gasteiger partial charge in [-0.1, -0.05) is 0 Å². The molecule has 0 heterocycles. The molecule has 0 aliphatic rings. The predicted octanol–water partition coefficient (Wildman–Crippen LogP) is 4.15. The van der Waals surface area contributed by atoms with Crippen LogP contribution in [0.1, 0.15) is 29.8 Å². The van der Waals surface area contributed by atoms with Crippen molar-refractivity contribution in [2.45, 2.75) is 20.5 Å². The zero-order valence-corrected chi connectivity index (χ0v) is 13.6. The lowest BCUT2D eigenvalue weighted by atomic mass is 10.1. The first-order valence-electron chi connectivity index (χ1n) is 7.65. The first-order chi connectivity index (χ1) is 11.5. The largest absolute Gasteiger partial charge is 0.494 e. The van der Waals surface area contributed by atoms with Crippen molar-refractivity contribution in [2.24, 2.45) is 0 Å². The van der Waals surface area contributed by atoms with Crippen LogP contribution in [0.4, 0.5) is 14.5 Å². The second-order valence-corrected chi connectivity index (χ2v) is 4.97. The van der Waals surface area contributed by atoms with Crippen molar-refractivity contribution in [3.05, 3.63) is 59.2 Å². The summed E-state index contributed by atoms with van der Waals surface area (Å²) in [6, 6.07) is 7.87. The predicted molar refractivity (Wildman–Crippen MR) is 87.3 cm³/mol. The molecule has 0 atom stereocenters. The SMILES string of the molecule is CCOCc1cc(C(=O)Nc2ccc(F)cc2F)ccc1OCC. The maximum atomic E-state index is 13.6. The number of halogens is 2. The molecule has 0 bridgehead atoms. The van der Waals surface area contributed by atoms with Gasteiger partial charge in [-0.2, -0.15) is 0 Å². The summed E-state index contributed by atoms with van der Waals surface area (Å²) in [4.78, 5) is 12.3. The highest BCUT2D eigenvalue weighted by Gasteiger charge is 2.13. The average Bonchev–Trinajstić information content (AvgIpc) is 2.56. The Morgan fingerprint density at radius 3 is 2.54 bits per heavy atom. The second kappa shape index (κ2) is 8.40. The lowest BCUT2D eigenvalue weighted by Crippen LogP contribution is -2.14. The summed E-state index contributed by atoms with van der Waals surface area (Å²) >= 11 is 0. The molecule has 128 valence electrons. The van der Waals surface area contributed by atoms with Gasteiger partial charge in [-0.3, -0.25) is 4.79 Å². The van der Waals surface area contributed by atoms with Gasteiger partial charge in [-0.15, -0.1) is 0 Å². The minimum absolute atomic E-state index is 0.0818. The smallest absolute Gasteiger partial charge is 0.255 e. The first-order valence-corrected chi connectivity index (χ1v) is 7.65. The average molecular weight is 335 g/mol. The molecular formula is C18H19F2NO3. The van der Waals surface area contributed by atoms with Crippen molar-refractivity contribution in [1.29, 1.82) is 0 Å². The molecule has 1 amide bonds. The molecule has 0 spiro atoms. The number of amides is 1. The van der Waals surface area contributed by atoms with Gasteiger partial charge in [0.1, 0.15) is 17.4 Å². The molecular weight excluding hydrogens is 316 g/mol. The van der Waals surface area contributed by atoms with E-state index in [2.05, 4.69) is 5.32 Å². The monoisotopic (exact) mass is 335 g/mol. The number of hydrogen-bond acceptors (Lipinski definition) is 3. The molecule has 2 aromatic carbocycles. The number of carbonyl (C=O) groups is 1. The molecule has 0 unspecified atom stereocenters. The Labute approximate surface area is 139 Å². The van der Waals surface area contributed by atoms with E-state index in [1.54, 1.807) is 18.2 Å². The molecule has 0 saturated heterocycles. The zero-order chi connectivity index (χ0) is 17.5. The van der Waals surface area contributed by atoms with Gasteiger partial charge in [0.05, 0.1) is 18.9 Å². The molecule has 0 aliphatic carbocycles. The van der Waals surface area contributed by atoms with Crippen LogP contribution in [0.25, 0.3) is 0 Å². The summed E-state index contributed by atoms with van der Waals surface area (Å²) in [5.74, 6) is -1.40. The van der Waals surface area contributed by atoms with E-state index < -0.39 is 17.5 Å². The summed E-state index contributed by atoms with van der Waals surface area (Å²) < 4.78 is 37.4. The highest BCUT2D eigenvalue weighted by Crippen LogP contribution is 2.23. The van der Waals surface area contributed by atoms with Gasteiger partial charge in [-0.25, -0.2) is 8.78 Å². The van der Waals surface area contributed by atoms with Crippen molar-refractivity contribution >= 4 is 11.6 Å². The van der Waals surface area contributed by atoms with E-state index in [0.717, 1.165) is 11.6 Å². The van der Waals surface area contributed by atoms with Gasteiger partial charge >= 0.3 is 0 Å². The molecule has 0 fully saturated rings. The number of anilines is 1. The van der Waals surface area contributed by atoms with E-state index in [1.165, 1.54) is 6.07 Å². The third-order valence-electron chi connectivity index (χ3n) is 3.26. The number of hydrogen-bond donors (Lipinski definition) is 1. The molecule has 24 heavy (non-hydrogen) atoms. The van der Waals surface area contributed by atoms with Gasteiger partial charge in [0.15, 0.2) is 0 Å². The highest BCUT2D eigenvalue weighted by molar-refractivity contribution is 6.04. The molecule has 4 nitrogen and oxygen atoms in total. The molecule has 0 radical (unpaired) electrons. The summed E-state index contributed by atoms with van der Waals surface area (Å²) in [5, 5.41) is 2.43. The van der Waals surface area contributed by atoms with E-state index in [4.69, 9.17) is 9.47 Å². The normalized spacial score (nSPS) is 10.5. The summed E-state index contributed by atoms with van der Waals surface area (Å²) in [6.45, 7) is 5.06. The van der Waals surface area contributed by atoms with Crippen LogP contribution >= 0.6 is 0 Å². The van der Waals surface area contributed by atoms with Gasteiger partial charge in [-0.05, 0) is 44.2 Å². The zero-order valence-electron chi connectivity index (χ0n) is 13.6. The van der Waals surface area contributed by atoms with Gasteiger partial charge in [0, 0.05) is 23.8 Å². The van der Waals surface area contributed by atoms with Crippen molar-refractivity contribution in [2.75, 3.05) is 18.5 Å². The lowest BCUT2D eigenvalue weighted by Gasteiger charge is -2.12. The number of rotatable bonds is 7. The standard InChI is InChI=1S/C18H19F2NO3/c1-3-23-11-13-9-12(5-8-17(13)24-4-2)18(22)21-16-7-6-14(19)10-15(16)20/h5-10H,3-4,11H2,1-2H3,(H,21,22). The van der Waals surface area contributed by atoms with Gasteiger partial charge < -0.3 is 14.8 Å². The number of ether oxygens (including phenoxy) is 2. The third kappa shape index (κ3) is 4.52. The molecule has 1 N–H and O–H groups in total. The lowest BCUT2D eigenvalue weighted by molar-refractivity contribution is 0.102. The fourth-order valence-corrected chi connectivity index (χ4v) is 2.13. The van der Waals surface area contributed by atoms with Crippen molar-refractivity contribution in [1.82, 2.24) is 0 Å². The fraction of sp³-hybridized carbons (Fsp3) is 0.278. The number of nitrogens with one attached hydrogen (secondary N) is 1. The Bertz CT molecular complexity index is 719. The van der Waals surface area contributed by atoms with E-state index in [-0.39, 0.29) is 5.69 Å². The Morgan fingerprint density at radius 2 is 1.88 bits per heavy atom. The van der Waals surface area contributed by atoms with Gasteiger partial charge in [0.25, 0.3) is 5.91 Å². The number of benzene rings is 2. The maximum absolute atomic E-state index is 13.6. The maximum Gasteiger partial charge on any atom is 0.255 e. The topological polar surface area (TPSA) is 47.6 Å². The number of carbonyl (C=O) groups excluding carboxylic acids is 1. The van der Waals surface area contributed by atoms with E-state index >= 15 is 0 Å². The third-order valence-corrected chi connectivity index (χ3v) is 3.26. The molecule has 0 saturated carbocycles. The van der Waals surface area contributed by atoms with E-state index in [9.17, 15) is 13.6 Å². The fourth-order valence-electron chi connectivity index (χ4n) is 2.13. The Kier molecular flexibility index (Phi) is 6.26. The van der Waals surface area contributed by atoms with Crippen LogP contribution in [-0.2, 0) is 11.3 Å².